The summed E-state index contributed by atoms with van der Waals surface area (Å²) in [5.74, 6) is 1.74. The molecule has 1 aliphatic heterocycles. The maximum atomic E-state index is 12.6. The van der Waals surface area contributed by atoms with Gasteiger partial charge in [-0.05, 0) is 48.3 Å². The van der Waals surface area contributed by atoms with Gasteiger partial charge in [-0.1, -0.05) is 25.1 Å². The molecular formula is C17H21BrN4O3S. The molecule has 0 saturated heterocycles. The number of allylic oxidation sites excluding steroid dienone is 1. The van der Waals surface area contributed by atoms with Crippen molar-refractivity contribution >= 4 is 39.6 Å². The molecule has 3 rings (SSSR count). The molecule has 0 fully saturated rings. The number of rotatable bonds is 7. The van der Waals surface area contributed by atoms with Crippen LogP contribution in [0.1, 0.15) is 45.4 Å². The molecule has 0 aliphatic carbocycles. The molecule has 1 aliphatic rings. The Labute approximate surface area is 164 Å². The van der Waals surface area contributed by atoms with Crippen molar-refractivity contribution in [1.29, 1.82) is 0 Å². The summed E-state index contributed by atoms with van der Waals surface area (Å²) in [5.41, 5.74) is 1.15. The Balaban J connectivity index is 2.01. The van der Waals surface area contributed by atoms with Crippen molar-refractivity contribution in [2.45, 2.75) is 44.8 Å². The van der Waals surface area contributed by atoms with Gasteiger partial charge in [0.2, 0.25) is 11.1 Å². The van der Waals surface area contributed by atoms with Crippen LogP contribution in [0.3, 0.4) is 0 Å². The van der Waals surface area contributed by atoms with Gasteiger partial charge in [-0.15, -0.1) is 5.10 Å². The number of halogens is 1. The van der Waals surface area contributed by atoms with Crippen molar-refractivity contribution in [2.75, 3.05) is 17.7 Å². The number of thioether (sulfide) groups is 1. The number of unbranched alkanes of at least 4 members (excludes halogenated alkanes) is 1. The Morgan fingerprint density at radius 1 is 1.46 bits per heavy atom. The monoisotopic (exact) mass is 440 g/mol. The number of carbonyl (C=O) groups is 1. The molecule has 26 heavy (non-hydrogen) atoms. The molecule has 0 radical (unpaired) electrons. The molecule has 1 atom stereocenters. The van der Waals surface area contributed by atoms with Crippen molar-refractivity contribution in [1.82, 2.24) is 14.8 Å². The molecule has 0 amide bonds. The van der Waals surface area contributed by atoms with Crippen molar-refractivity contribution in [3.05, 3.63) is 33.8 Å². The van der Waals surface area contributed by atoms with Gasteiger partial charge in [0.15, 0.2) is 4.67 Å². The lowest BCUT2D eigenvalue weighted by atomic mass is 10.0. The number of carbonyl (C=O) groups excluding carboxylic acids is 1. The van der Waals surface area contributed by atoms with Gasteiger partial charge in [-0.2, -0.15) is 4.98 Å². The number of nitrogens with one attached hydrogen (secondary N) is 1. The van der Waals surface area contributed by atoms with Crippen LogP contribution in [0, 0.1) is 0 Å². The van der Waals surface area contributed by atoms with Gasteiger partial charge in [-0.3, -0.25) is 0 Å². The smallest absolute Gasteiger partial charge is 0.338 e. The minimum absolute atomic E-state index is 0.298. The van der Waals surface area contributed by atoms with E-state index >= 15 is 0 Å². The highest BCUT2D eigenvalue weighted by Gasteiger charge is 2.37. The zero-order valence-electron chi connectivity index (χ0n) is 14.9. The lowest BCUT2D eigenvalue weighted by molar-refractivity contribution is -0.139. The van der Waals surface area contributed by atoms with E-state index in [4.69, 9.17) is 9.15 Å². The second-order valence-corrected chi connectivity index (χ2v) is 7.64. The normalized spacial score (nSPS) is 16.4. The zero-order valence-corrected chi connectivity index (χ0v) is 17.3. The Morgan fingerprint density at radius 2 is 2.27 bits per heavy atom. The van der Waals surface area contributed by atoms with E-state index in [0.717, 1.165) is 18.6 Å². The summed E-state index contributed by atoms with van der Waals surface area (Å²) in [5, 5.41) is 8.45. The molecule has 0 aromatic carbocycles. The Bertz CT molecular complexity index is 830. The third-order valence-corrected chi connectivity index (χ3v) is 5.27. The fourth-order valence-corrected chi connectivity index (χ4v) is 3.94. The van der Waals surface area contributed by atoms with E-state index in [2.05, 4.69) is 38.3 Å². The van der Waals surface area contributed by atoms with E-state index in [1.54, 1.807) is 29.4 Å². The summed E-state index contributed by atoms with van der Waals surface area (Å²) < 4.78 is 13.3. The molecule has 0 saturated carbocycles. The van der Waals surface area contributed by atoms with Gasteiger partial charge >= 0.3 is 5.97 Å². The number of fused-ring (bicyclic) bond motifs is 1. The van der Waals surface area contributed by atoms with Crippen LogP contribution in [0.15, 0.2) is 37.6 Å². The summed E-state index contributed by atoms with van der Waals surface area (Å²) in [7, 11) is 0. The molecule has 2 aromatic heterocycles. The first-order valence-electron chi connectivity index (χ1n) is 8.54. The number of esters is 1. The molecule has 0 bridgehead atoms. The zero-order chi connectivity index (χ0) is 18.7. The van der Waals surface area contributed by atoms with Crippen molar-refractivity contribution in [3.63, 3.8) is 0 Å². The number of hydrogen-bond acceptors (Lipinski definition) is 7. The lowest BCUT2D eigenvalue weighted by Crippen LogP contribution is -2.29. The molecule has 1 N–H and O–H groups in total. The average Bonchev–Trinajstić information content (AvgIpc) is 3.19. The van der Waals surface area contributed by atoms with E-state index < -0.39 is 12.0 Å². The van der Waals surface area contributed by atoms with Gasteiger partial charge in [0.1, 0.15) is 11.8 Å². The second kappa shape index (κ2) is 8.30. The van der Waals surface area contributed by atoms with Gasteiger partial charge in [-0.25, -0.2) is 9.48 Å². The minimum Gasteiger partial charge on any atom is -0.463 e. The van der Waals surface area contributed by atoms with E-state index in [-0.39, 0.29) is 0 Å². The first-order chi connectivity index (χ1) is 12.5. The van der Waals surface area contributed by atoms with Crippen LogP contribution >= 0.6 is 27.7 Å². The fourth-order valence-electron chi connectivity index (χ4n) is 2.71. The van der Waals surface area contributed by atoms with E-state index in [1.807, 2.05) is 13.0 Å². The number of anilines is 1. The Hall–Kier alpha value is -1.74. The summed E-state index contributed by atoms with van der Waals surface area (Å²) in [6.45, 7) is 6.06. The first-order valence-corrected chi connectivity index (χ1v) is 10.3. The fraction of sp³-hybridized carbons (Fsp3) is 0.471. The number of ether oxygens (including phenoxy) is 1. The SMILES string of the molecule is CCCCSc1nc2n(n1)C(c1ccc(Br)o1)C(C(=O)OCC)=C(C)N2. The highest BCUT2D eigenvalue weighted by molar-refractivity contribution is 9.10. The van der Waals surface area contributed by atoms with Gasteiger partial charge in [0, 0.05) is 11.4 Å². The van der Waals surface area contributed by atoms with E-state index in [1.165, 1.54) is 0 Å². The third-order valence-electron chi connectivity index (χ3n) is 3.92. The third kappa shape index (κ3) is 3.83. The maximum absolute atomic E-state index is 12.6. The van der Waals surface area contributed by atoms with Crippen molar-refractivity contribution in [2.24, 2.45) is 0 Å². The van der Waals surface area contributed by atoms with Crippen LogP contribution < -0.4 is 5.32 Å². The molecule has 140 valence electrons. The largest absolute Gasteiger partial charge is 0.463 e. The lowest BCUT2D eigenvalue weighted by Gasteiger charge is -2.26. The van der Waals surface area contributed by atoms with E-state index in [0.29, 0.717) is 39.4 Å². The Morgan fingerprint density at radius 3 is 2.92 bits per heavy atom. The summed E-state index contributed by atoms with van der Waals surface area (Å²) >= 11 is 4.93. The molecule has 3 heterocycles. The summed E-state index contributed by atoms with van der Waals surface area (Å²) in [4.78, 5) is 17.1. The minimum atomic E-state index is -0.523. The van der Waals surface area contributed by atoms with E-state index in [9.17, 15) is 4.79 Å². The second-order valence-electron chi connectivity index (χ2n) is 5.79. The standard InChI is InChI=1S/C17H21BrN4O3S/c1-4-6-9-26-17-20-16-19-10(3)13(15(23)24-5-2)14(22(16)21-17)11-7-8-12(18)25-11/h7-8,14H,4-6,9H2,1-3H3,(H,19,20,21). The summed E-state index contributed by atoms with van der Waals surface area (Å²) in [6, 6.07) is 3.09. The molecular weight excluding hydrogens is 420 g/mol. The number of aromatic nitrogens is 3. The van der Waals surface area contributed by atoms with Gasteiger partial charge in [0.05, 0.1) is 12.2 Å². The van der Waals surface area contributed by atoms with Crippen LogP contribution in [-0.4, -0.2) is 33.1 Å². The number of furan rings is 1. The first kappa shape index (κ1) is 19.0. The topological polar surface area (TPSA) is 82.2 Å². The molecule has 7 nitrogen and oxygen atoms in total. The number of nitrogens with zero attached hydrogens (tertiary/aromatic N) is 3. The van der Waals surface area contributed by atoms with Crippen molar-refractivity contribution < 1.29 is 13.9 Å². The predicted octanol–water partition coefficient (Wildman–Crippen LogP) is 4.38. The van der Waals surface area contributed by atoms with Gasteiger partial charge in [0.25, 0.3) is 0 Å². The predicted molar refractivity (Wildman–Crippen MR) is 103 cm³/mol. The quantitative estimate of drug-likeness (QED) is 0.388. The molecule has 1 unspecified atom stereocenters. The summed E-state index contributed by atoms with van der Waals surface area (Å²) in [6.07, 6.45) is 2.22. The van der Waals surface area contributed by atoms with Crippen molar-refractivity contribution in [3.8, 4) is 0 Å². The van der Waals surface area contributed by atoms with Gasteiger partial charge < -0.3 is 14.5 Å². The molecule has 2 aromatic rings. The highest BCUT2D eigenvalue weighted by Crippen LogP contribution is 2.38. The van der Waals surface area contributed by atoms with Crippen LogP contribution in [0.2, 0.25) is 0 Å². The maximum Gasteiger partial charge on any atom is 0.338 e. The Kier molecular flexibility index (Phi) is 6.08. The van der Waals surface area contributed by atoms with Crippen LogP contribution in [0.5, 0.6) is 0 Å². The van der Waals surface area contributed by atoms with Crippen LogP contribution in [0.4, 0.5) is 5.95 Å². The van der Waals surface area contributed by atoms with Crippen LogP contribution in [-0.2, 0) is 9.53 Å². The average molecular weight is 441 g/mol. The number of hydrogen-bond donors (Lipinski definition) is 1. The highest BCUT2D eigenvalue weighted by atomic mass is 79.9. The molecule has 0 spiro atoms. The molecule has 9 heteroatoms. The van der Waals surface area contributed by atoms with Crippen LogP contribution in [0.25, 0.3) is 0 Å².